The quantitative estimate of drug-likeness (QED) is 0.589. The maximum absolute atomic E-state index is 5.70. The molecule has 1 aliphatic carbocycles. The average Bonchev–Trinajstić information content (AvgIpc) is 2.01. The number of anilines is 1. The van der Waals surface area contributed by atoms with Crippen LogP contribution in [0.25, 0.3) is 0 Å². The molecule has 0 radical (unpaired) electrons. The Hall–Kier alpha value is -0.630. The number of thioether (sulfide) groups is 1. The molecule has 2 heteroatoms. The summed E-state index contributed by atoms with van der Waals surface area (Å²) in [4.78, 5) is 1.31. The molecule has 2 N–H and O–H groups in total. The van der Waals surface area contributed by atoms with Crippen LogP contribution in [0.15, 0.2) is 29.2 Å². The molecule has 0 aliphatic heterocycles. The molecule has 2 rings (SSSR count). The molecular formula is C11H15NS. The molecule has 0 saturated heterocycles. The van der Waals surface area contributed by atoms with Crippen LogP contribution in [0.5, 0.6) is 0 Å². The van der Waals surface area contributed by atoms with Gasteiger partial charge in [0.25, 0.3) is 0 Å². The SMILES string of the molecule is Nc1cccc(SCC2CCC2)c1. The lowest BCUT2D eigenvalue weighted by Crippen LogP contribution is -2.13. The van der Waals surface area contributed by atoms with Crippen LogP contribution in [-0.4, -0.2) is 5.75 Å². The first-order valence-corrected chi connectivity index (χ1v) is 5.81. The topological polar surface area (TPSA) is 26.0 Å². The molecule has 1 aromatic rings. The van der Waals surface area contributed by atoms with Gasteiger partial charge in [-0.1, -0.05) is 12.5 Å². The highest BCUT2D eigenvalue weighted by atomic mass is 32.2. The van der Waals surface area contributed by atoms with Gasteiger partial charge in [-0.3, -0.25) is 0 Å². The van der Waals surface area contributed by atoms with Gasteiger partial charge in [0.15, 0.2) is 0 Å². The van der Waals surface area contributed by atoms with Gasteiger partial charge in [-0.15, -0.1) is 11.8 Å². The van der Waals surface area contributed by atoms with E-state index in [1.165, 1.54) is 29.9 Å². The minimum Gasteiger partial charge on any atom is -0.399 e. The van der Waals surface area contributed by atoms with Crippen molar-refractivity contribution in [2.45, 2.75) is 24.2 Å². The van der Waals surface area contributed by atoms with Gasteiger partial charge in [-0.25, -0.2) is 0 Å². The molecule has 1 aromatic carbocycles. The predicted octanol–water partition coefficient (Wildman–Crippen LogP) is 3.16. The number of hydrogen-bond acceptors (Lipinski definition) is 2. The normalized spacial score (nSPS) is 16.9. The molecule has 70 valence electrons. The van der Waals surface area contributed by atoms with Crippen molar-refractivity contribution in [3.8, 4) is 0 Å². The minimum absolute atomic E-state index is 0.874. The van der Waals surface area contributed by atoms with Crippen molar-refractivity contribution >= 4 is 17.4 Å². The molecule has 13 heavy (non-hydrogen) atoms. The van der Waals surface area contributed by atoms with Crippen molar-refractivity contribution in [2.24, 2.45) is 5.92 Å². The summed E-state index contributed by atoms with van der Waals surface area (Å²) in [6, 6.07) is 8.16. The van der Waals surface area contributed by atoms with E-state index in [-0.39, 0.29) is 0 Å². The maximum Gasteiger partial charge on any atom is 0.0325 e. The minimum atomic E-state index is 0.874. The second-order valence-electron chi connectivity index (χ2n) is 3.68. The van der Waals surface area contributed by atoms with E-state index in [2.05, 4.69) is 12.1 Å². The third kappa shape index (κ3) is 2.41. The van der Waals surface area contributed by atoms with Crippen LogP contribution in [0.2, 0.25) is 0 Å². The summed E-state index contributed by atoms with van der Waals surface area (Å²) in [5.74, 6) is 2.23. The van der Waals surface area contributed by atoms with Crippen molar-refractivity contribution in [1.82, 2.24) is 0 Å². The van der Waals surface area contributed by atoms with Crippen LogP contribution in [0, 0.1) is 5.92 Å². The number of hydrogen-bond donors (Lipinski definition) is 1. The fraction of sp³-hybridized carbons (Fsp3) is 0.455. The van der Waals surface area contributed by atoms with Crippen LogP contribution in [0.3, 0.4) is 0 Å². The Bertz CT molecular complexity index is 281. The summed E-state index contributed by atoms with van der Waals surface area (Å²) in [6.45, 7) is 0. The molecule has 1 nitrogen and oxygen atoms in total. The van der Waals surface area contributed by atoms with Crippen LogP contribution in [0.4, 0.5) is 5.69 Å². The highest BCUT2D eigenvalue weighted by Crippen LogP contribution is 2.32. The monoisotopic (exact) mass is 193 g/mol. The molecule has 0 spiro atoms. The number of benzene rings is 1. The molecule has 0 bridgehead atoms. The van der Waals surface area contributed by atoms with Crippen LogP contribution in [-0.2, 0) is 0 Å². The van der Waals surface area contributed by atoms with E-state index in [1.807, 2.05) is 23.9 Å². The molecule has 1 saturated carbocycles. The standard InChI is InChI=1S/C11H15NS/c12-10-5-2-6-11(7-10)13-8-9-3-1-4-9/h2,5-7,9H,1,3-4,8,12H2. The zero-order valence-electron chi connectivity index (χ0n) is 7.70. The van der Waals surface area contributed by atoms with Gasteiger partial charge in [0.1, 0.15) is 0 Å². The number of nitrogen functional groups attached to an aromatic ring is 1. The average molecular weight is 193 g/mol. The first kappa shape index (κ1) is 8.95. The summed E-state index contributed by atoms with van der Waals surface area (Å²) in [5, 5.41) is 0. The Morgan fingerprint density at radius 2 is 2.23 bits per heavy atom. The Morgan fingerprint density at radius 3 is 2.85 bits per heavy atom. The fourth-order valence-corrected chi connectivity index (χ4v) is 2.63. The lowest BCUT2D eigenvalue weighted by atomic mass is 9.87. The van der Waals surface area contributed by atoms with E-state index in [1.54, 1.807) is 0 Å². The Balaban J connectivity index is 1.86. The van der Waals surface area contributed by atoms with E-state index in [9.17, 15) is 0 Å². The Labute approximate surface area is 83.7 Å². The summed E-state index contributed by atoms with van der Waals surface area (Å²) in [7, 11) is 0. The van der Waals surface area contributed by atoms with Gasteiger partial charge in [-0.05, 0) is 37.0 Å². The maximum atomic E-state index is 5.70. The molecule has 1 fully saturated rings. The molecule has 0 heterocycles. The predicted molar refractivity (Wildman–Crippen MR) is 58.9 cm³/mol. The van der Waals surface area contributed by atoms with Crippen molar-refractivity contribution in [3.05, 3.63) is 24.3 Å². The van der Waals surface area contributed by atoms with Crippen LogP contribution >= 0.6 is 11.8 Å². The van der Waals surface area contributed by atoms with Crippen molar-refractivity contribution < 1.29 is 0 Å². The van der Waals surface area contributed by atoms with Crippen molar-refractivity contribution in [1.29, 1.82) is 0 Å². The zero-order valence-corrected chi connectivity index (χ0v) is 8.52. The van der Waals surface area contributed by atoms with Gasteiger partial charge < -0.3 is 5.73 Å². The third-order valence-electron chi connectivity index (χ3n) is 2.57. The largest absolute Gasteiger partial charge is 0.399 e. The summed E-state index contributed by atoms with van der Waals surface area (Å²) < 4.78 is 0. The fourth-order valence-electron chi connectivity index (χ4n) is 1.48. The molecule has 0 atom stereocenters. The zero-order chi connectivity index (χ0) is 9.10. The highest BCUT2D eigenvalue weighted by Gasteiger charge is 2.16. The molecule has 0 aromatic heterocycles. The van der Waals surface area contributed by atoms with E-state index in [0.29, 0.717) is 0 Å². The first-order valence-electron chi connectivity index (χ1n) is 4.83. The summed E-state index contributed by atoms with van der Waals surface area (Å²) in [6.07, 6.45) is 4.28. The van der Waals surface area contributed by atoms with Gasteiger partial charge in [-0.2, -0.15) is 0 Å². The Kier molecular flexibility index (Phi) is 2.79. The lowest BCUT2D eigenvalue weighted by molar-refractivity contribution is 0.353. The van der Waals surface area contributed by atoms with E-state index in [4.69, 9.17) is 5.73 Å². The number of nitrogens with two attached hydrogens (primary N) is 1. The van der Waals surface area contributed by atoms with Crippen LogP contribution < -0.4 is 5.73 Å². The molecule has 1 aliphatic rings. The third-order valence-corrected chi connectivity index (χ3v) is 3.79. The summed E-state index contributed by atoms with van der Waals surface area (Å²) in [5.41, 5.74) is 6.57. The van der Waals surface area contributed by atoms with Gasteiger partial charge in [0.2, 0.25) is 0 Å². The highest BCUT2D eigenvalue weighted by molar-refractivity contribution is 7.99. The van der Waals surface area contributed by atoms with Crippen molar-refractivity contribution in [2.75, 3.05) is 11.5 Å². The number of rotatable bonds is 3. The van der Waals surface area contributed by atoms with E-state index >= 15 is 0 Å². The summed E-state index contributed by atoms with van der Waals surface area (Å²) >= 11 is 1.94. The second-order valence-corrected chi connectivity index (χ2v) is 4.77. The lowest BCUT2D eigenvalue weighted by Gasteiger charge is -2.24. The molecule has 0 unspecified atom stereocenters. The van der Waals surface area contributed by atoms with E-state index in [0.717, 1.165) is 11.6 Å². The van der Waals surface area contributed by atoms with E-state index < -0.39 is 0 Å². The smallest absolute Gasteiger partial charge is 0.0325 e. The van der Waals surface area contributed by atoms with Gasteiger partial charge in [0, 0.05) is 16.3 Å². The van der Waals surface area contributed by atoms with Crippen molar-refractivity contribution in [3.63, 3.8) is 0 Å². The van der Waals surface area contributed by atoms with Gasteiger partial charge >= 0.3 is 0 Å². The molecular weight excluding hydrogens is 178 g/mol. The van der Waals surface area contributed by atoms with Gasteiger partial charge in [0.05, 0.1) is 0 Å². The Morgan fingerprint density at radius 1 is 1.38 bits per heavy atom. The first-order chi connectivity index (χ1) is 6.34. The second kappa shape index (κ2) is 4.05. The van der Waals surface area contributed by atoms with Crippen LogP contribution in [0.1, 0.15) is 19.3 Å². The molecule has 0 amide bonds.